The summed E-state index contributed by atoms with van der Waals surface area (Å²) < 4.78 is 1.47. The zero-order valence-corrected chi connectivity index (χ0v) is 9.95. The van der Waals surface area contributed by atoms with E-state index in [0.717, 1.165) is 0 Å². The van der Waals surface area contributed by atoms with Gasteiger partial charge in [0.05, 0.1) is 6.20 Å². The molecule has 1 aromatic rings. The number of nitrogens with zero attached hydrogens (tertiary/aromatic N) is 2. The van der Waals surface area contributed by atoms with Gasteiger partial charge >= 0.3 is 0 Å². The fourth-order valence-electron chi connectivity index (χ4n) is 0.410. The van der Waals surface area contributed by atoms with Crippen LogP contribution in [0, 0.1) is 0 Å². The molecule has 3 nitrogen and oxygen atoms in total. The highest BCUT2D eigenvalue weighted by Gasteiger charge is 1.80. The maximum absolute atomic E-state index is 10.5. The van der Waals surface area contributed by atoms with Crippen LogP contribution in [0.3, 0.4) is 0 Å². The van der Waals surface area contributed by atoms with E-state index in [9.17, 15) is 4.79 Å². The molecule has 82 valence electrons. The van der Waals surface area contributed by atoms with Gasteiger partial charge in [-0.2, -0.15) is 0 Å². The van der Waals surface area contributed by atoms with Gasteiger partial charge in [-0.3, -0.25) is 9.78 Å². The van der Waals surface area contributed by atoms with Gasteiger partial charge in [0.25, 0.3) is 5.56 Å². The molecule has 1 aromatic heterocycles. The zero-order chi connectivity index (χ0) is 11.4. The Labute approximate surface area is 86.8 Å². The highest BCUT2D eigenvalue weighted by molar-refractivity contribution is 4.77. The lowest BCUT2D eigenvalue weighted by Crippen LogP contribution is -2.14. The van der Waals surface area contributed by atoms with Crippen molar-refractivity contribution in [3.05, 3.63) is 28.9 Å². The minimum Gasteiger partial charge on any atom is -0.316 e. The van der Waals surface area contributed by atoms with E-state index in [2.05, 4.69) is 18.8 Å². The minimum absolute atomic E-state index is 0.0764. The molecule has 0 N–H and O–H groups in total. The monoisotopic (exact) mass is 198 g/mol. The molecule has 1 heterocycles. The Morgan fingerprint density at radius 2 is 1.79 bits per heavy atom. The van der Waals surface area contributed by atoms with Crippen LogP contribution in [0.1, 0.15) is 40.5 Å². The van der Waals surface area contributed by atoms with Gasteiger partial charge < -0.3 is 4.57 Å². The number of hydrogen-bond acceptors (Lipinski definition) is 2. The summed E-state index contributed by atoms with van der Waals surface area (Å²) in [6.45, 7) is 8.36. The quantitative estimate of drug-likeness (QED) is 0.695. The third-order valence-corrected chi connectivity index (χ3v) is 1.41. The molecule has 0 aromatic carbocycles. The summed E-state index contributed by atoms with van der Waals surface area (Å²) in [4.78, 5) is 14.1. The van der Waals surface area contributed by atoms with Gasteiger partial charge in [0.1, 0.15) is 0 Å². The molecule has 0 bridgehead atoms. The molecule has 3 heteroatoms. The van der Waals surface area contributed by atoms with E-state index in [0.29, 0.717) is 0 Å². The molecule has 0 saturated heterocycles. The van der Waals surface area contributed by atoms with E-state index in [4.69, 9.17) is 0 Å². The second-order valence-electron chi connectivity index (χ2n) is 2.53. The molecular formula is C11H22N2O. The predicted octanol–water partition coefficient (Wildman–Crippen LogP) is 2.61. The number of hydrogen-bond donors (Lipinski definition) is 0. The first kappa shape index (κ1) is 15.4. The average molecular weight is 198 g/mol. The molecule has 0 unspecified atom stereocenters. The van der Waals surface area contributed by atoms with Crippen LogP contribution in [0.25, 0.3) is 0 Å². The van der Waals surface area contributed by atoms with Gasteiger partial charge in [0.15, 0.2) is 0 Å². The summed E-state index contributed by atoms with van der Waals surface area (Å²) in [6.07, 6.45) is 7.10. The second-order valence-corrected chi connectivity index (χ2v) is 2.53. The van der Waals surface area contributed by atoms with Gasteiger partial charge in [-0.25, -0.2) is 0 Å². The largest absolute Gasteiger partial charge is 0.316 e. The van der Waals surface area contributed by atoms with Gasteiger partial charge in [-0.05, 0) is 0 Å². The number of aryl methyl sites for hydroxylation is 1. The molecule has 0 radical (unpaired) electrons. The summed E-state index contributed by atoms with van der Waals surface area (Å²) >= 11 is 0. The van der Waals surface area contributed by atoms with Gasteiger partial charge in [0.2, 0.25) is 0 Å². The molecule has 0 fully saturated rings. The van der Waals surface area contributed by atoms with E-state index >= 15 is 0 Å². The predicted molar refractivity (Wildman–Crippen MR) is 61.4 cm³/mol. The Morgan fingerprint density at radius 3 is 2.00 bits per heavy atom. The van der Waals surface area contributed by atoms with Crippen LogP contribution in [-0.2, 0) is 7.05 Å². The van der Waals surface area contributed by atoms with Gasteiger partial charge in [-0.15, -0.1) is 0 Å². The fourth-order valence-corrected chi connectivity index (χ4v) is 0.410. The summed E-state index contributed by atoms with van der Waals surface area (Å²) in [5.74, 6) is 0. The summed E-state index contributed by atoms with van der Waals surface area (Å²) in [5.41, 5.74) is -0.0764. The summed E-state index contributed by atoms with van der Waals surface area (Å²) in [6, 6.07) is 0. The van der Waals surface area contributed by atoms with Crippen molar-refractivity contribution in [3.63, 3.8) is 0 Å². The molecule has 1 rings (SSSR count). The van der Waals surface area contributed by atoms with Crippen molar-refractivity contribution in [1.29, 1.82) is 0 Å². The van der Waals surface area contributed by atoms with E-state index in [1.54, 1.807) is 19.4 Å². The number of unbranched alkanes of at least 4 members (excludes halogenated alkanes) is 1. The van der Waals surface area contributed by atoms with Crippen LogP contribution in [0.5, 0.6) is 0 Å². The molecule has 0 amide bonds. The van der Waals surface area contributed by atoms with Crippen molar-refractivity contribution in [3.8, 4) is 0 Å². The number of rotatable bonds is 1. The summed E-state index contributed by atoms with van der Waals surface area (Å²) in [7, 11) is 1.68. The van der Waals surface area contributed by atoms with E-state index in [1.165, 1.54) is 23.6 Å². The Balaban J connectivity index is 0. The van der Waals surface area contributed by atoms with Crippen LogP contribution in [0.2, 0.25) is 0 Å². The first-order valence-corrected chi connectivity index (χ1v) is 5.19. The van der Waals surface area contributed by atoms with Crippen molar-refractivity contribution in [2.75, 3.05) is 0 Å². The van der Waals surface area contributed by atoms with Crippen molar-refractivity contribution < 1.29 is 0 Å². The van der Waals surface area contributed by atoms with Crippen LogP contribution in [-0.4, -0.2) is 9.55 Å². The Bertz CT molecular complexity index is 253. The molecule has 0 aliphatic carbocycles. The second kappa shape index (κ2) is 11.9. The molecule has 0 aliphatic rings. The van der Waals surface area contributed by atoms with Crippen LogP contribution in [0.15, 0.2) is 23.4 Å². The molecule has 0 spiro atoms. The van der Waals surface area contributed by atoms with E-state index in [-0.39, 0.29) is 5.56 Å². The topological polar surface area (TPSA) is 34.9 Å². The van der Waals surface area contributed by atoms with Crippen molar-refractivity contribution in [2.45, 2.75) is 40.5 Å². The Morgan fingerprint density at radius 1 is 1.29 bits per heavy atom. The SMILES string of the molecule is CC.CCCC.Cn1ccncc1=O. The molecule has 14 heavy (non-hydrogen) atoms. The van der Waals surface area contributed by atoms with E-state index in [1.807, 2.05) is 13.8 Å². The van der Waals surface area contributed by atoms with Crippen LogP contribution < -0.4 is 5.56 Å². The minimum atomic E-state index is -0.0764. The van der Waals surface area contributed by atoms with E-state index < -0.39 is 0 Å². The number of aromatic nitrogens is 2. The molecule has 0 saturated carbocycles. The smallest absolute Gasteiger partial charge is 0.268 e. The average Bonchev–Trinajstić information content (AvgIpc) is 2.26. The van der Waals surface area contributed by atoms with Crippen molar-refractivity contribution >= 4 is 0 Å². The maximum atomic E-state index is 10.5. The third-order valence-electron chi connectivity index (χ3n) is 1.41. The summed E-state index contributed by atoms with van der Waals surface area (Å²) in [5, 5.41) is 0. The zero-order valence-electron chi connectivity index (χ0n) is 9.95. The fraction of sp³-hybridized carbons (Fsp3) is 0.636. The molecular weight excluding hydrogens is 176 g/mol. The van der Waals surface area contributed by atoms with Crippen molar-refractivity contribution in [1.82, 2.24) is 9.55 Å². The van der Waals surface area contributed by atoms with Crippen LogP contribution in [0.4, 0.5) is 0 Å². The first-order valence-electron chi connectivity index (χ1n) is 5.19. The Hall–Kier alpha value is -1.12. The Kier molecular flexibility index (Phi) is 13.0. The highest BCUT2D eigenvalue weighted by Crippen LogP contribution is 1.76. The molecule has 0 aliphatic heterocycles. The lowest BCUT2D eigenvalue weighted by molar-refractivity contribution is 0.841. The van der Waals surface area contributed by atoms with Crippen LogP contribution >= 0.6 is 0 Å². The lowest BCUT2D eigenvalue weighted by Gasteiger charge is -1.88. The van der Waals surface area contributed by atoms with Gasteiger partial charge in [-0.1, -0.05) is 40.5 Å². The normalized spacial score (nSPS) is 7.79. The molecule has 0 atom stereocenters. The first-order chi connectivity index (χ1) is 6.72. The van der Waals surface area contributed by atoms with Gasteiger partial charge in [0, 0.05) is 19.4 Å². The lowest BCUT2D eigenvalue weighted by atomic mass is 10.4. The third kappa shape index (κ3) is 8.97. The maximum Gasteiger partial charge on any atom is 0.268 e. The standard InChI is InChI=1S/C5H6N2O.C4H10.C2H6/c1-7-3-2-6-4-5(7)8;1-3-4-2;1-2/h2-4H,1H3;3-4H2,1-2H3;1-2H3. The van der Waals surface area contributed by atoms with Crippen molar-refractivity contribution in [2.24, 2.45) is 7.05 Å². The highest BCUT2D eigenvalue weighted by atomic mass is 16.1.